The van der Waals surface area contributed by atoms with Gasteiger partial charge in [0.2, 0.25) is 0 Å². The first-order valence-corrected chi connectivity index (χ1v) is 9.21. The topological polar surface area (TPSA) is 52.1 Å². The summed E-state index contributed by atoms with van der Waals surface area (Å²) in [7, 11) is 0. The van der Waals surface area contributed by atoms with Gasteiger partial charge < -0.3 is 4.74 Å². The second kappa shape index (κ2) is 8.23. The van der Waals surface area contributed by atoms with Gasteiger partial charge in [0.25, 0.3) is 0 Å². The van der Waals surface area contributed by atoms with Crippen LogP contribution in [0.1, 0.15) is 32.9 Å². The number of hydrogen-bond donors (Lipinski definition) is 0. The fraction of sp³-hybridized carbons (Fsp3) is 0.357. The first-order chi connectivity index (χ1) is 12.4. The molecule has 0 amide bonds. The fourth-order valence-electron chi connectivity index (χ4n) is 1.77. The number of ether oxygens (including phenoxy) is 1. The van der Waals surface area contributed by atoms with Crippen LogP contribution in [-0.2, 0) is 22.8 Å². The van der Waals surface area contributed by atoms with Crippen LogP contribution in [0.25, 0.3) is 0 Å². The molecule has 13 heteroatoms. The maximum atomic E-state index is 13.0. The molecule has 0 bridgehead atoms. The predicted octanol–water partition coefficient (Wildman–Crippen LogP) is 5.70. The molecule has 2 heterocycles. The van der Waals surface area contributed by atoms with Crippen molar-refractivity contribution in [3.8, 4) is 0 Å². The zero-order valence-electron chi connectivity index (χ0n) is 13.2. The van der Waals surface area contributed by atoms with Gasteiger partial charge in [-0.2, -0.15) is 26.3 Å². The molecule has 148 valence electrons. The van der Waals surface area contributed by atoms with Gasteiger partial charge in [0.05, 0.1) is 22.9 Å². The van der Waals surface area contributed by atoms with E-state index in [-0.39, 0.29) is 27.4 Å². The highest BCUT2D eigenvalue weighted by Gasteiger charge is 2.40. The van der Waals surface area contributed by atoms with Gasteiger partial charge in [-0.15, -0.1) is 11.3 Å². The number of thioether (sulfide) groups is 1. The van der Waals surface area contributed by atoms with Crippen LogP contribution in [0.15, 0.2) is 17.3 Å². The van der Waals surface area contributed by atoms with Gasteiger partial charge in [-0.3, -0.25) is 0 Å². The molecule has 0 radical (unpaired) electrons. The maximum absolute atomic E-state index is 13.0. The average Bonchev–Trinajstić information content (AvgIpc) is 2.97. The third-order valence-electron chi connectivity index (χ3n) is 2.87. The number of rotatable bonds is 5. The van der Waals surface area contributed by atoms with Crippen LogP contribution >= 0.6 is 34.7 Å². The number of esters is 1. The normalized spacial score (nSPS) is 12.3. The van der Waals surface area contributed by atoms with Crippen LogP contribution in [0.2, 0.25) is 5.02 Å². The van der Waals surface area contributed by atoms with E-state index in [2.05, 4.69) is 14.7 Å². The lowest BCUT2D eigenvalue weighted by Gasteiger charge is -2.08. The largest absolute Gasteiger partial charge is 0.462 e. The Morgan fingerprint density at radius 3 is 2.44 bits per heavy atom. The Morgan fingerprint density at radius 2 is 1.93 bits per heavy atom. The summed E-state index contributed by atoms with van der Waals surface area (Å²) < 4.78 is 81.4. The van der Waals surface area contributed by atoms with Gasteiger partial charge in [-0.25, -0.2) is 14.8 Å². The lowest BCUT2D eigenvalue weighted by atomic mass is 10.3. The van der Waals surface area contributed by atoms with E-state index in [1.54, 1.807) is 0 Å². The summed E-state index contributed by atoms with van der Waals surface area (Å²) in [5.74, 6) is -1.32. The first kappa shape index (κ1) is 21.8. The summed E-state index contributed by atoms with van der Waals surface area (Å²) in [5.41, 5.74) is -2.41. The maximum Gasteiger partial charge on any atom is 0.435 e. The zero-order chi connectivity index (χ0) is 20.4. The van der Waals surface area contributed by atoms with Gasteiger partial charge in [-0.1, -0.05) is 23.4 Å². The Balaban J connectivity index is 2.22. The number of pyridine rings is 1. The number of nitrogens with zero attached hydrogens (tertiary/aromatic N) is 2. The SMILES string of the molecule is CCOC(=O)c1sc(CSc2ncc(C(F)(F)F)cc2Cl)nc1C(F)(F)F. The van der Waals surface area contributed by atoms with Crippen LogP contribution in [0.3, 0.4) is 0 Å². The average molecular weight is 451 g/mol. The lowest BCUT2D eigenvalue weighted by molar-refractivity contribution is -0.141. The molecule has 2 rings (SSSR count). The molecule has 2 aromatic heterocycles. The van der Waals surface area contributed by atoms with Crippen LogP contribution < -0.4 is 0 Å². The predicted molar refractivity (Wildman–Crippen MR) is 86.9 cm³/mol. The molecule has 2 aromatic rings. The molecular weight excluding hydrogens is 442 g/mol. The highest BCUT2D eigenvalue weighted by Crippen LogP contribution is 2.38. The summed E-state index contributed by atoms with van der Waals surface area (Å²) in [4.78, 5) is 18.0. The number of carbonyl (C=O) groups excluding carboxylic acids is 1. The number of hydrogen-bond acceptors (Lipinski definition) is 6. The second-order valence-corrected chi connectivity index (χ2v) is 7.26. The molecular formula is C14H9ClF6N2O2S2. The van der Waals surface area contributed by atoms with Gasteiger partial charge in [0.1, 0.15) is 14.9 Å². The lowest BCUT2D eigenvalue weighted by Crippen LogP contribution is -2.13. The number of carbonyl (C=O) groups is 1. The summed E-state index contributed by atoms with van der Waals surface area (Å²) >= 11 is 7.03. The van der Waals surface area contributed by atoms with E-state index < -0.39 is 34.5 Å². The minimum atomic E-state index is -4.86. The van der Waals surface area contributed by atoms with Crippen molar-refractivity contribution in [3.63, 3.8) is 0 Å². The fourth-order valence-corrected chi connectivity index (χ4v) is 3.93. The molecule has 0 aromatic carbocycles. The van der Waals surface area contributed by atoms with Gasteiger partial charge >= 0.3 is 18.3 Å². The number of thiazole rings is 1. The van der Waals surface area contributed by atoms with E-state index in [1.165, 1.54) is 6.92 Å². The summed E-state index contributed by atoms with van der Waals surface area (Å²) in [6.45, 7) is 1.34. The van der Waals surface area contributed by atoms with E-state index >= 15 is 0 Å². The van der Waals surface area contributed by atoms with Crippen molar-refractivity contribution in [1.82, 2.24) is 9.97 Å². The molecule has 4 nitrogen and oxygen atoms in total. The Morgan fingerprint density at radius 1 is 1.26 bits per heavy atom. The number of halogens is 7. The summed E-state index contributed by atoms with van der Waals surface area (Å²) in [6, 6.07) is 0.671. The first-order valence-electron chi connectivity index (χ1n) is 7.03. The second-order valence-electron chi connectivity index (χ2n) is 4.80. The number of aromatic nitrogens is 2. The van der Waals surface area contributed by atoms with Gasteiger partial charge in [-0.05, 0) is 13.0 Å². The molecule has 0 aliphatic carbocycles. The quantitative estimate of drug-likeness (QED) is 0.332. The summed E-state index contributed by atoms with van der Waals surface area (Å²) in [5, 5.41) is -0.382. The Hall–Kier alpha value is -1.53. The van der Waals surface area contributed by atoms with Crippen molar-refractivity contribution in [1.29, 1.82) is 0 Å². The molecule has 0 aliphatic rings. The van der Waals surface area contributed by atoms with Crippen molar-refractivity contribution in [2.24, 2.45) is 0 Å². The minimum absolute atomic E-state index is 0.00823. The monoisotopic (exact) mass is 450 g/mol. The molecule has 0 spiro atoms. The molecule has 0 unspecified atom stereocenters. The Bertz CT molecular complexity index is 838. The van der Waals surface area contributed by atoms with Crippen LogP contribution in [0.5, 0.6) is 0 Å². The van der Waals surface area contributed by atoms with Crippen molar-refractivity contribution in [3.05, 3.63) is 38.4 Å². The van der Waals surface area contributed by atoms with Crippen LogP contribution in [-0.4, -0.2) is 22.5 Å². The standard InChI is InChI=1S/C14H9ClF6N2O2S2/c1-2-25-12(24)9-10(14(19,20)21)23-8(27-9)5-26-11-7(15)3-6(4-22-11)13(16,17)18/h3-4H,2,5H2,1H3. The van der Waals surface area contributed by atoms with Crippen LogP contribution in [0.4, 0.5) is 26.3 Å². The highest BCUT2D eigenvalue weighted by atomic mass is 35.5. The number of alkyl halides is 6. The minimum Gasteiger partial charge on any atom is -0.462 e. The van der Waals surface area contributed by atoms with E-state index in [1.807, 2.05) is 0 Å². The third kappa shape index (κ3) is 5.48. The van der Waals surface area contributed by atoms with E-state index in [4.69, 9.17) is 11.6 Å². The molecule has 0 fully saturated rings. The molecule has 0 atom stereocenters. The van der Waals surface area contributed by atoms with Gasteiger partial charge in [0.15, 0.2) is 5.69 Å². The van der Waals surface area contributed by atoms with Gasteiger partial charge in [0, 0.05) is 6.20 Å². The molecule has 0 aliphatic heterocycles. The highest BCUT2D eigenvalue weighted by molar-refractivity contribution is 7.98. The third-order valence-corrected chi connectivity index (χ3v) is 5.50. The Labute approximate surface area is 161 Å². The zero-order valence-corrected chi connectivity index (χ0v) is 15.6. The smallest absolute Gasteiger partial charge is 0.435 e. The molecule has 0 N–H and O–H groups in total. The summed E-state index contributed by atoms with van der Waals surface area (Å²) in [6.07, 6.45) is -8.90. The van der Waals surface area contributed by atoms with Crippen LogP contribution in [0, 0.1) is 0 Å². The molecule has 27 heavy (non-hydrogen) atoms. The van der Waals surface area contributed by atoms with E-state index in [0.29, 0.717) is 23.6 Å². The van der Waals surface area contributed by atoms with E-state index in [0.717, 1.165) is 11.8 Å². The van der Waals surface area contributed by atoms with E-state index in [9.17, 15) is 31.1 Å². The van der Waals surface area contributed by atoms with Crippen molar-refractivity contribution in [2.45, 2.75) is 30.1 Å². The van der Waals surface area contributed by atoms with Crippen molar-refractivity contribution < 1.29 is 35.9 Å². The van der Waals surface area contributed by atoms with Crippen molar-refractivity contribution >= 4 is 40.7 Å². The molecule has 0 saturated heterocycles. The Kier molecular flexibility index (Phi) is 6.63. The molecule has 0 saturated carbocycles. The van der Waals surface area contributed by atoms with Crippen molar-refractivity contribution in [2.75, 3.05) is 6.61 Å².